The molecule has 0 saturated heterocycles. The quantitative estimate of drug-likeness (QED) is 0.740. The van der Waals surface area contributed by atoms with E-state index in [9.17, 15) is 0 Å². The van der Waals surface area contributed by atoms with Crippen LogP contribution in [0.5, 0.6) is 0 Å². The number of aryl methyl sites for hydroxylation is 1. The number of rotatable bonds is 4. The maximum Gasteiger partial charge on any atom is 0.0422 e. The van der Waals surface area contributed by atoms with Crippen molar-refractivity contribution in [2.75, 3.05) is 11.1 Å². The normalized spacial score (nSPS) is 12.5. The zero-order valence-electron chi connectivity index (χ0n) is 10.2. The van der Waals surface area contributed by atoms with Crippen LogP contribution < -0.4 is 11.1 Å². The average molecular weight is 206 g/mol. The molecule has 2 heteroatoms. The van der Waals surface area contributed by atoms with Crippen molar-refractivity contribution in [1.29, 1.82) is 0 Å². The van der Waals surface area contributed by atoms with E-state index in [1.54, 1.807) is 0 Å². The van der Waals surface area contributed by atoms with Crippen LogP contribution in [0.2, 0.25) is 0 Å². The van der Waals surface area contributed by atoms with E-state index in [-0.39, 0.29) is 0 Å². The first-order chi connectivity index (χ1) is 7.06. The Morgan fingerprint density at radius 3 is 2.60 bits per heavy atom. The van der Waals surface area contributed by atoms with Crippen molar-refractivity contribution in [2.45, 2.75) is 46.6 Å². The molecule has 0 saturated carbocycles. The number of benzene rings is 1. The van der Waals surface area contributed by atoms with Crippen LogP contribution >= 0.6 is 0 Å². The standard InChI is InChI=1S/C13H22N2/c1-5-6-10(3)15-13-9(2)7-8-12(14)11(13)4/h7-8,10,15H,5-6,14H2,1-4H3. The molecular formula is C13H22N2. The van der Waals surface area contributed by atoms with Crippen LogP contribution in [0.25, 0.3) is 0 Å². The van der Waals surface area contributed by atoms with Crippen molar-refractivity contribution in [2.24, 2.45) is 0 Å². The van der Waals surface area contributed by atoms with Gasteiger partial charge in [0, 0.05) is 17.4 Å². The van der Waals surface area contributed by atoms with E-state index < -0.39 is 0 Å². The van der Waals surface area contributed by atoms with Gasteiger partial charge >= 0.3 is 0 Å². The van der Waals surface area contributed by atoms with Gasteiger partial charge in [-0.15, -0.1) is 0 Å². The Morgan fingerprint density at radius 1 is 1.33 bits per heavy atom. The van der Waals surface area contributed by atoms with Gasteiger partial charge in [0.25, 0.3) is 0 Å². The fourth-order valence-corrected chi connectivity index (χ4v) is 1.84. The lowest BCUT2D eigenvalue weighted by Gasteiger charge is -2.19. The Morgan fingerprint density at radius 2 is 2.00 bits per heavy atom. The first-order valence-corrected chi connectivity index (χ1v) is 5.68. The van der Waals surface area contributed by atoms with Crippen molar-refractivity contribution < 1.29 is 0 Å². The van der Waals surface area contributed by atoms with Crippen LogP contribution in [0.4, 0.5) is 11.4 Å². The SMILES string of the molecule is CCCC(C)Nc1c(C)ccc(N)c1C. The molecule has 1 aromatic rings. The number of anilines is 2. The molecule has 0 spiro atoms. The Bertz CT molecular complexity index is 332. The lowest BCUT2D eigenvalue weighted by molar-refractivity contribution is 0.689. The van der Waals surface area contributed by atoms with Crippen molar-refractivity contribution in [3.63, 3.8) is 0 Å². The Labute approximate surface area is 92.9 Å². The fourth-order valence-electron chi connectivity index (χ4n) is 1.84. The van der Waals surface area contributed by atoms with E-state index in [0.29, 0.717) is 6.04 Å². The molecule has 3 N–H and O–H groups in total. The summed E-state index contributed by atoms with van der Waals surface area (Å²) in [6, 6.07) is 4.55. The molecule has 1 rings (SSSR count). The first kappa shape index (κ1) is 11.9. The van der Waals surface area contributed by atoms with Gasteiger partial charge in [-0.05, 0) is 44.4 Å². The van der Waals surface area contributed by atoms with Gasteiger partial charge in [0.1, 0.15) is 0 Å². The van der Waals surface area contributed by atoms with Gasteiger partial charge in [-0.2, -0.15) is 0 Å². The zero-order valence-corrected chi connectivity index (χ0v) is 10.2. The van der Waals surface area contributed by atoms with E-state index in [0.717, 1.165) is 11.3 Å². The highest BCUT2D eigenvalue weighted by Gasteiger charge is 2.07. The Kier molecular flexibility index (Phi) is 4.01. The molecule has 1 unspecified atom stereocenters. The van der Waals surface area contributed by atoms with Crippen molar-refractivity contribution in [1.82, 2.24) is 0 Å². The van der Waals surface area contributed by atoms with Crippen molar-refractivity contribution >= 4 is 11.4 Å². The number of hydrogen-bond acceptors (Lipinski definition) is 2. The van der Waals surface area contributed by atoms with Crippen molar-refractivity contribution in [3.8, 4) is 0 Å². The topological polar surface area (TPSA) is 38.0 Å². The number of nitrogens with one attached hydrogen (secondary N) is 1. The van der Waals surface area contributed by atoms with Crippen LogP contribution in [0.1, 0.15) is 37.8 Å². The molecule has 0 aromatic heterocycles. The summed E-state index contributed by atoms with van der Waals surface area (Å²) >= 11 is 0. The van der Waals surface area contributed by atoms with Crippen LogP contribution in [0, 0.1) is 13.8 Å². The third-order valence-electron chi connectivity index (χ3n) is 2.83. The summed E-state index contributed by atoms with van der Waals surface area (Å²) in [7, 11) is 0. The highest BCUT2D eigenvalue weighted by atomic mass is 14.9. The molecule has 0 heterocycles. The molecule has 0 radical (unpaired) electrons. The molecule has 2 nitrogen and oxygen atoms in total. The fraction of sp³-hybridized carbons (Fsp3) is 0.538. The van der Waals surface area contributed by atoms with Gasteiger partial charge in [0.2, 0.25) is 0 Å². The number of nitrogens with two attached hydrogens (primary N) is 1. The minimum atomic E-state index is 0.509. The average Bonchev–Trinajstić information content (AvgIpc) is 2.19. The lowest BCUT2D eigenvalue weighted by atomic mass is 10.1. The van der Waals surface area contributed by atoms with E-state index in [2.05, 4.69) is 39.1 Å². The first-order valence-electron chi connectivity index (χ1n) is 5.68. The minimum absolute atomic E-state index is 0.509. The molecule has 0 fully saturated rings. The number of hydrogen-bond donors (Lipinski definition) is 2. The second kappa shape index (κ2) is 5.06. The summed E-state index contributed by atoms with van der Waals surface area (Å²) in [4.78, 5) is 0. The number of nitrogen functional groups attached to an aromatic ring is 1. The van der Waals surface area contributed by atoms with Gasteiger partial charge in [-0.3, -0.25) is 0 Å². The maximum absolute atomic E-state index is 5.90. The van der Waals surface area contributed by atoms with Gasteiger partial charge in [-0.25, -0.2) is 0 Å². The van der Waals surface area contributed by atoms with Crippen LogP contribution in [0.3, 0.4) is 0 Å². The molecule has 84 valence electrons. The predicted octanol–water partition coefficient (Wildman–Crippen LogP) is 3.49. The Balaban J connectivity index is 2.88. The summed E-state index contributed by atoms with van der Waals surface area (Å²) in [5.74, 6) is 0. The van der Waals surface area contributed by atoms with Gasteiger partial charge in [0.15, 0.2) is 0 Å². The largest absolute Gasteiger partial charge is 0.398 e. The van der Waals surface area contributed by atoms with Gasteiger partial charge < -0.3 is 11.1 Å². The summed E-state index contributed by atoms with van der Waals surface area (Å²) in [5, 5.41) is 3.54. The predicted molar refractivity (Wildman–Crippen MR) is 68.3 cm³/mol. The third kappa shape index (κ3) is 2.88. The van der Waals surface area contributed by atoms with E-state index >= 15 is 0 Å². The summed E-state index contributed by atoms with van der Waals surface area (Å²) in [5.41, 5.74) is 10.4. The van der Waals surface area contributed by atoms with Crippen LogP contribution in [0.15, 0.2) is 12.1 Å². The molecule has 0 bridgehead atoms. The van der Waals surface area contributed by atoms with E-state index in [1.165, 1.54) is 24.1 Å². The maximum atomic E-state index is 5.90. The smallest absolute Gasteiger partial charge is 0.0422 e. The van der Waals surface area contributed by atoms with E-state index in [4.69, 9.17) is 5.73 Å². The molecule has 0 aliphatic rings. The molecule has 1 atom stereocenters. The molecule has 0 aliphatic carbocycles. The molecule has 1 aromatic carbocycles. The summed E-state index contributed by atoms with van der Waals surface area (Å²) in [6.45, 7) is 8.61. The molecule has 0 aliphatic heterocycles. The van der Waals surface area contributed by atoms with Gasteiger partial charge in [0.05, 0.1) is 0 Å². The highest BCUT2D eigenvalue weighted by molar-refractivity contribution is 5.67. The van der Waals surface area contributed by atoms with Gasteiger partial charge in [-0.1, -0.05) is 19.4 Å². The third-order valence-corrected chi connectivity index (χ3v) is 2.83. The lowest BCUT2D eigenvalue weighted by Crippen LogP contribution is -2.16. The highest BCUT2D eigenvalue weighted by Crippen LogP contribution is 2.26. The van der Waals surface area contributed by atoms with E-state index in [1.807, 2.05) is 6.07 Å². The minimum Gasteiger partial charge on any atom is -0.398 e. The second-order valence-electron chi connectivity index (χ2n) is 4.31. The summed E-state index contributed by atoms with van der Waals surface area (Å²) in [6.07, 6.45) is 2.39. The summed E-state index contributed by atoms with van der Waals surface area (Å²) < 4.78 is 0. The van der Waals surface area contributed by atoms with Crippen LogP contribution in [-0.2, 0) is 0 Å². The monoisotopic (exact) mass is 206 g/mol. The molecule has 0 amide bonds. The Hall–Kier alpha value is -1.18. The molecule has 15 heavy (non-hydrogen) atoms. The second-order valence-corrected chi connectivity index (χ2v) is 4.31. The van der Waals surface area contributed by atoms with Crippen molar-refractivity contribution in [3.05, 3.63) is 23.3 Å². The molecular weight excluding hydrogens is 184 g/mol. The van der Waals surface area contributed by atoms with Crippen LogP contribution in [-0.4, -0.2) is 6.04 Å². The zero-order chi connectivity index (χ0) is 11.4.